The standard InChI is InChI=1S/C11H6ClF3N2O2/c12-7-3-1-6(2-4-7)10-16-9(19-17-10)5-8(18)11(13,14)15/h1-4H,5H2. The van der Waals surface area contributed by atoms with Crippen LogP contribution in [0.4, 0.5) is 13.2 Å². The van der Waals surface area contributed by atoms with E-state index in [1.165, 1.54) is 0 Å². The van der Waals surface area contributed by atoms with Crippen LogP contribution >= 0.6 is 11.6 Å². The number of alkyl halides is 3. The van der Waals surface area contributed by atoms with Crippen LogP contribution in [-0.4, -0.2) is 22.1 Å². The molecule has 1 heterocycles. The van der Waals surface area contributed by atoms with Crippen LogP contribution < -0.4 is 0 Å². The third-order valence-corrected chi connectivity index (χ3v) is 2.45. The first-order valence-corrected chi connectivity index (χ1v) is 5.42. The molecule has 0 radical (unpaired) electrons. The fourth-order valence-electron chi connectivity index (χ4n) is 1.28. The predicted octanol–water partition coefficient (Wildman–Crippen LogP) is 3.06. The van der Waals surface area contributed by atoms with Crippen LogP contribution in [0.15, 0.2) is 28.8 Å². The Morgan fingerprint density at radius 3 is 2.47 bits per heavy atom. The van der Waals surface area contributed by atoms with Crippen LogP contribution in [0.5, 0.6) is 0 Å². The molecule has 0 atom stereocenters. The zero-order valence-corrected chi connectivity index (χ0v) is 10.00. The Hall–Kier alpha value is -1.89. The maximum absolute atomic E-state index is 12.1. The van der Waals surface area contributed by atoms with Crippen LogP contribution in [0, 0.1) is 0 Å². The third kappa shape index (κ3) is 3.31. The molecule has 2 rings (SSSR count). The molecule has 0 amide bonds. The lowest BCUT2D eigenvalue weighted by Crippen LogP contribution is -2.24. The van der Waals surface area contributed by atoms with Crippen LogP contribution in [-0.2, 0) is 11.2 Å². The van der Waals surface area contributed by atoms with Gasteiger partial charge in [-0.05, 0) is 24.3 Å². The number of rotatable bonds is 3. The molecule has 100 valence electrons. The number of aromatic nitrogens is 2. The molecule has 1 aromatic carbocycles. The van der Waals surface area contributed by atoms with Crippen molar-refractivity contribution in [2.75, 3.05) is 0 Å². The van der Waals surface area contributed by atoms with Crippen molar-refractivity contribution < 1.29 is 22.5 Å². The van der Waals surface area contributed by atoms with Gasteiger partial charge in [0.05, 0.1) is 6.42 Å². The molecule has 19 heavy (non-hydrogen) atoms. The Morgan fingerprint density at radius 2 is 1.89 bits per heavy atom. The van der Waals surface area contributed by atoms with Gasteiger partial charge in [0.1, 0.15) is 0 Å². The first-order valence-electron chi connectivity index (χ1n) is 5.05. The van der Waals surface area contributed by atoms with E-state index < -0.39 is 18.4 Å². The quantitative estimate of drug-likeness (QED) is 0.872. The maximum atomic E-state index is 12.1. The van der Waals surface area contributed by atoms with E-state index in [-0.39, 0.29) is 11.7 Å². The van der Waals surface area contributed by atoms with Crippen LogP contribution in [0.1, 0.15) is 5.89 Å². The lowest BCUT2D eigenvalue weighted by molar-refractivity contribution is -0.170. The lowest BCUT2D eigenvalue weighted by atomic mass is 10.2. The first-order chi connectivity index (χ1) is 8.86. The smallest absolute Gasteiger partial charge is 0.338 e. The highest BCUT2D eigenvalue weighted by molar-refractivity contribution is 6.30. The Kier molecular flexibility index (Phi) is 3.57. The highest BCUT2D eigenvalue weighted by Crippen LogP contribution is 2.21. The van der Waals surface area contributed by atoms with Crippen LogP contribution in [0.25, 0.3) is 11.4 Å². The molecule has 0 unspecified atom stereocenters. The van der Waals surface area contributed by atoms with E-state index in [4.69, 9.17) is 11.6 Å². The summed E-state index contributed by atoms with van der Waals surface area (Å²) in [6.07, 6.45) is -5.88. The van der Waals surface area contributed by atoms with Crippen molar-refractivity contribution in [1.82, 2.24) is 10.1 Å². The van der Waals surface area contributed by atoms with E-state index in [9.17, 15) is 18.0 Å². The summed E-state index contributed by atoms with van der Waals surface area (Å²) >= 11 is 5.69. The number of Topliss-reactive ketones (excluding diaryl/α,β-unsaturated/α-hetero) is 1. The van der Waals surface area contributed by atoms with Gasteiger partial charge in [-0.2, -0.15) is 18.2 Å². The van der Waals surface area contributed by atoms with E-state index in [2.05, 4.69) is 14.7 Å². The second kappa shape index (κ2) is 5.00. The summed E-state index contributed by atoms with van der Waals surface area (Å²) in [5, 5.41) is 4.00. The number of hydrogen-bond acceptors (Lipinski definition) is 4. The van der Waals surface area contributed by atoms with Crippen LogP contribution in [0.3, 0.4) is 0 Å². The maximum Gasteiger partial charge on any atom is 0.450 e. The molecule has 0 saturated heterocycles. The Labute approximate surface area is 110 Å². The minimum absolute atomic E-state index is 0.0987. The Morgan fingerprint density at radius 1 is 1.26 bits per heavy atom. The number of ketones is 1. The molecule has 8 heteroatoms. The van der Waals surface area contributed by atoms with E-state index in [1.807, 2.05) is 0 Å². The van der Waals surface area contributed by atoms with Gasteiger partial charge in [-0.25, -0.2) is 0 Å². The van der Waals surface area contributed by atoms with Crippen molar-refractivity contribution in [2.24, 2.45) is 0 Å². The summed E-state index contributed by atoms with van der Waals surface area (Å²) in [7, 11) is 0. The summed E-state index contributed by atoms with van der Waals surface area (Å²) in [6.45, 7) is 0. The summed E-state index contributed by atoms with van der Waals surface area (Å²) in [5.74, 6) is -2.22. The van der Waals surface area contributed by atoms with E-state index >= 15 is 0 Å². The topological polar surface area (TPSA) is 56.0 Å². The lowest BCUT2D eigenvalue weighted by Gasteiger charge is -2.00. The second-order valence-corrected chi connectivity index (χ2v) is 4.05. The zero-order chi connectivity index (χ0) is 14.0. The van der Waals surface area contributed by atoms with E-state index in [0.29, 0.717) is 10.6 Å². The molecule has 0 aliphatic heterocycles. The van der Waals surface area contributed by atoms with Crippen molar-refractivity contribution >= 4 is 17.4 Å². The van der Waals surface area contributed by atoms with E-state index in [1.54, 1.807) is 24.3 Å². The normalized spacial score (nSPS) is 11.6. The van der Waals surface area contributed by atoms with Gasteiger partial charge in [-0.15, -0.1) is 0 Å². The molecule has 0 aliphatic carbocycles. The van der Waals surface area contributed by atoms with Gasteiger partial charge in [0.25, 0.3) is 0 Å². The Bertz CT molecular complexity index is 593. The Balaban J connectivity index is 2.16. The summed E-state index contributed by atoms with van der Waals surface area (Å²) in [6, 6.07) is 6.33. The second-order valence-electron chi connectivity index (χ2n) is 3.62. The molecular formula is C11H6ClF3N2O2. The summed E-state index contributed by atoms with van der Waals surface area (Å²) < 4.78 is 40.8. The molecule has 0 spiro atoms. The molecule has 0 saturated carbocycles. The highest BCUT2D eigenvalue weighted by Gasteiger charge is 2.39. The minimum Gasteiger partial charge on any atom is -0.338 e. The van der Waals surface area contributed by atoms with Crippen molar-refractivity contribution in [3.05, 3.63) is 35.2 Å². The van der Waals surface area contributed by atoms with Gasteiger partial charge in [-0.3, -0.25) is 4.79 Å². The number of carbonyl (C=O) groups is 1. The predicted molar refractivity (Wildman–Crippen MR) is 59.5 cm³/mol. The minimum atomic E-state index is -4.91. The zero-order valence-electron chi connectivity index (χ0n) is 9.24. The molecule has 2 aromatic rings. The highest BCUT2D eigenvalue weighted by atomic mass is 35.5. The monoisotopic (exact) mass is 290 g/mol. The number of hydrogen-bond donors (Lipinski definition) is 0. The van der Waals surface area contributed by atoms with Crippen LogP contribution in [0.2, 0.25) is 5.02 Å². The van der Waals surface area contributed by atoms with Gasteiger partial charge in [0, 0.05) is 10.6 Å². The van der Waals surface area contributed by atoms with Gasteiger partial charge < -0.3 is 4.52 Å². The van der Waals surface area contributed by atoms with Crippen molar-refractivity contribution in [2.45, 2.75) is 12.6 Å². The number of halogens is 4. The largest absolute Gasteiger partial charge is 0.450 e. The summed E-state index contributed by atoms with van der Waals surface area (Å²) in [4.78, 5) is 14.5. The molecule has 0 bridgehead atoms. The van der Waals surface area contributed by atoms with Crippen molar-refractivity contribution in [3.8, 4) is 11.4 Å². The van der Waals surface area contributed by atoms with Gasteiger partial charge in [0.15, 0.2) is 0 Å². The molecule has 1 aromatic heterocycles. The van der Waals surface area contributed by atoms with Crippen molar-refractivity contribution in [1.29, 1.82) is 0 Å². The molecule has 4 nitrogen and oxygen atoms in total. The third-order valence-electron chi connectivity index (χ3n) is 2.20. The molecule has 0 aliphatic rings. The molecule has 0 N–H and O–H groups in total. The van der Waals surface area contributed by atoms with Gasteiger partial charge >= 0.3 is 6.18 Å². The first kappa shape index (κ1) is 13.5. The molecular weight excluding hydrogens is 285 g/mol. The fourth-order valence-corrected chi connectivity index (χ4v) is 1.41. The number of carbonyl (C=O) groups excluding carboxylic acids is 1. The average molecular weight is 291 g/mol. The summed E-state index contributed by atoms with van der Waals surface area (Å²) in [5.41, 5.74) is 0.527. The van der Waals surface area contributed by atoms with Crippen molar-refractivity contribution in [3.63, 3.8) is 0 Å². The number of nitrogens with zero attached hydrogens (tertiary/aromatic N) is 2. The molecule has 0 fully saturated rings. The fraction of sp³-hybridized carbons (Fsp3) is 0.182. The van der Waals surface area contributed by atoms with Gasteiger partial charge in [-0.1, -0.05) is 16.8 Å². The van der Waals surface area contributed by atoms with Gasteiger partial charge in [0.2, 0.25) is 17.5 Å². The SMILES string of the molecule is O=C(Cc1nc(-c2ccc(Cl)cc2)no1)C(F)(F)F. The van der Waals surface area contributed by atoms with E-state index in [0.717, 1.165) is 0 Å². The average Bonchev–Trinajstić information content (AvgIpc) is 2.77. The number of benzene rings is 1.